The molecule has 0 aromatic rings. The van der Waals surface area contributed by atoms with Crippen molar-refractivity contribution in [3.05, 3.63) is 0 Å². The standard InChI is InChI=1S/C12H20N2O5/c1-4-5-13-10(15)8-9(19-8)11(16)14-7(6(2)3)12(17)18/h6-9H,4-5H2,1-3H3,(H,13,15)(H,14,16)(H,17,18)/t7?,8-,9-/m0/s1. The number of carboxylic acid groups (broad SMARTS) is 1. The molecule has 0 saturated carbocycles. The summed E-state index contributed by atoms with van der Waals surface area (Å²) in [6, 6.07) is -0.976. The summed E-state index contributed by atoms with van der Waals surface area (Å²) in [6.07, 6.45) is -0.880. The van der Waals surface area contributed by atoms with Gasteiger partial charge >= 0.3 is 5.97 Å². The van der Waals surface area contributed by atoms with Crippen LogP contribution >= 0.6 is 0 Å². The van der Waals surface area contributed by atoms with E-state index in [0.717, 1.165) is 6.42 Å². The number of rotatable bonds is 7. The fourth-order valence-electron chi connectivity index (χ4n) is 1.61. The molecular formula is C12H20N2O5. The molecule has 1 saturated heterocycles. The number of carbonyl (C=O) groups excluding carboxylic acids is 2. The van der Waals surface area contributed by atoms with Crippen molar-refractivity contribution >= 4 is 17.8 Å². The van der Waals surface area contributed by atoms with Crippen LogP contribution in [0.15, 0.2) is 0 Å². The summed E-state index contributed by atoms with van der Waals surface area (Å²) in [4.78, 5) is 34.2. The lowest BCUT2D eigenvalue weighted by Gasteiger charge is -2.17. The molecule has 3 N–H and O–H groups in total. The van der Waals surface area contributed by atoms with Gasteiger partial charge in [-0.15, -0.1) is 0 Å². The van der Waals surface area contributed by atoms with Gasteiger partial charge in [-0.05, 0) is 12.3 Å². The van der Waals surface area contributed by atoms with Gasteiger partial charge in [0.25, 0.3) is 11.8 Å². The molecule has 0 aromatic heterocycles. The number of aliphatic carboxylic acids is 1. The maximum absolute atomic E-state index is 11.7. The Bertz CT molecular complexity index is 369. The van der Waals surface area contributed by atoms with E-state index in [4.69, 9.17) is 9.84 Å². The largest absolute Gasteiger partial charge is 0.480 e. The van der Waals surface area contributed by atoms with Crippen LogP contribution in [-0.4, -0.2) is 47.7 Å². The highest BCUT2D eigenvalue weighted by Gasteiger charge is 2.50. The van der Waals surface area contributed by atoms with Crippen LogP contribution in [0.5, 0.6) is 0 Å². The Hall–Kier alpha value is -1.63. The molecule has 0 bridgehead atoms. The molecule has 1 fully saturated rings. The van der Waals surface area contributed by atoms with E-state index < -0.39 is 30.1 Å². The van der Waals surface area contributed by atoms with Gasteiger partial charge in [-0.25, -0.2) is 4.79 Å². The number of epoxide rings is 1. The zero-order valence-corrected chi connectivity index (χ0v) is 11.3. The number of carbonyl (C=O) groups is 3. The Morgan fingerprint density at radius 3 is 2.26 bits per heavy atom. The van der Waals surface area contributed by atoms with Gasteiger partial charge in [0.1, 0.15) is 6.04 Å². The Morgan fingerprint density at radius 1 is 1.21 bits per heavy atom. The molecule has 0 radical (unpaired) electrons. The van der Waals surface area contributed by atoms with Crippen molar-refractivity contribution in [1.82, 2.24) is 10.6 Å². The fraction of sp³-hybridized carbons (Fsp3) is 0.750. The number of carboxylic acids is 1. The van der Waals surface area contributed by atoms with Crippen LogP contribution in [0.1, 0.15) is 27.2 Å². The number of hydrogen-bond acceptors (Lipinski definition) is 4. The lowest BCUT2D eigenvalue weighted by atomic mass is 10.0. The molecule has 108 valence electrons. The highest BCUT2D eigenvalue weighted by atomic mass is 16.6. The van der Waals surface area contributed by atoms with E-state index in [1.807, 2.05) is 6.92 Å². The lowest BCUT2D eigenvalue weighted by Crippen LogP contribution is -2.46. The molecule has 1 aliphatic heterocycles. The second-order valence-corrected chi connectivity index (χ2v) is 4.84. The third kappa shape index (κ3) is 4.20. The molecule has 7 heteroatoms. The third-order valence-electron chi connectivity index (χ3n) is 2.79. The van der Waals surface area contributed by atoms with Gasteiger partial charge in [0.15, 0.2) is 12.2 Å². The minimum Gasteiger partial charge on any atom is -0.480 e. The van der Waals surface area contributed by atoms with Crippen LogP contribution in [0.25, 0.3) is 0 Å². The predicted molar refractivity (Wildman–Crippen MR) is 66.4 cm³/mol. The second-order valence-electron chi connectivity index (χ2n) is 4.84. The molecule has 2 amide bonds. The highest BCUT2D eigenvalue weighted by molar-refractivity contribution is 5.96. The van der Waals surface area contributed by atoms with Crippen LogP contribution in [0.3, 0.4) is 0 Å². The molecular weight excluding hydrogens is 252 g/mol. The van der Waals surface area contributed by atoms with Crippen molar-refractivity contribution in [2.45, 2.75) is 45.4 Å². The first-order chi connectivity index (χ1) is 8.88. The van der Waals surface area contributed by atoms with E-state index in [1.54, 1.807) is 13.8 Å². The summed E-state index contributed by atoms with van der Waals surface area (Å²) < 4.78 is 4.98. The first-order valence-corrected chi connectivity index (χ1v) is 6.34. The fourth-order valence-corrected chi connectivity index (χ4v) is 1.61. The van der Waals surface area contributed by atoms with Crippen molar-refractivity contribution in [2.75, 3.05) is 6.54 Å². The maximum atomic E-state index is 11.7. The predicted octanol–water partition coefficient (Wildman–Crippen LogP) is -0.495. The van der Waals surface area contributed by atoms with E-state index in [1.165, 1.54) is 0 Å². The Labute approximate surface area is 111 Å². The Kier molecular flexibility index (Phi) is 5.29. The van der Waals surface area contributed by atoms with Crippen molar-refractivity contribution in [2.24, 2.45) is 5.92 Å². The van der Waals surface area contributed by atoms with Crippen LogP contribution in [0.4, 0.5) is 0 Å². The average molecular weight is 272 g/mol. The molecule has 0 aromatic carbocycles. The van der Waals surface area contributed by atoms with E-state index in [0.29, 0.717) is 6.54 Å². The maximum Gasteiger partial charge on any atom is 0.326 e. The molecule has 1 heterocycles. The zero-order valence-electron chi connectivity index (χ0n) is 11.3. The Balaban J connectivity index is 2.44. The topological polar surface area (TPSA) is 108 Å². The normalized spacial score (nSPS) is 22.7. The highest BCUT2D eigenvalue weighted by Crippen LogP contribution is 2.22. The Morgan fingerprint density at radius 2 is 1.79 bits per heavy atom. The van der Waals surface area contributed by atoms with Gasteiger partial charge in [0.2, 0.25) is 0 Å². The molecule has 7 nitrogen and oxygen atoms in total. The average Bonchev–Trinajstić information content (AvgIpc) is 3.11. The van der Waals surface area contributed by atoms with E-state index in [-0.39, 0.29) is 11.8 Å². The minimum atomic E-state index is -1.10. The van der Waals surface area contributed by atoms with Gasteiger partial charge < -0.3 is 20.5 Å². The minimum absolute atomic E-state index is 0.243. The molecule has 3 atom stereocenters. The van der Waals surface area contributed by atoms with Crippen LogP contribution < -0.4 is 10.6 Å². The number of ether oxygens (including phenoxy) is 1. The van der Waals surface area contributed by atoms with E-state index in [2.05, 4.69) is 10.6 Å². The van der Waals surface area contributed by atoms with Crippen LogP contribution in [0.2, 0.25) is 0 Å². The van der Waals surface area contributed by atoms with Crippen molar-refractivity contribution < 1.29 is 24.2 Å². The zero-order chi connectivity index (χ0) is 14.6. The molecule has 1 rings (SSSR count). The SMILES string of the molecule is CCCNC(=O)[C@H]1O[C@@H]1C(=O)NC(C(=O)O)C(C)C. The molecule has 19 heavy (non-hydrogen) atoms. The van der Waals surface area contributed by atoms with Gasteiger partial charge in [-0.3, -0.25) is 9.59 Å². The second kappa shape index (κ2) is 6.51. The van der Waals surface area contributed by atoms with Crippen LogP contribution in [0, 0.1) is 5.92 Å². The summed E-state index contributed by atoms with van der Waals surface area (Å²) in [5.41, 5.74) is 0. The summed E-state index contributed by atoms with van der Waals surface area (Å²) in [5.74, 6) is -2.24. The molecule has 0 spiro atoms. The molecule has 1 unspecified atom stereocenters. The number of nitrogens with one attached hydrogen (secondary N) is 2. The number of hydrogen-bond donors (Lipinski definition) is 3. The third-order valence-corrected chi connectivity index (χ3v) is 2.79. The molecule has 0 aliphatic carbocycles. The van der Waals surface area contributed by atoms with E-state index in [9.17, 15) is 14.4 Å². The molecule has 1 aliphatic rings. The summed E-state index contributed by atoms with van der Waals surface area (Å²) in [6.45, 7) is 5.83. The first-order valence-electron chi connectivity index (χ1n) is 6.34. The van der Waals surface area contributed by atoms with Gasteiger partial charge in [-0.1, -0.05) is 20.8 Å². The smallest absolute Gasteiger partial charge is 0.326 e. The van der Waals surface area contributed by atoms with E-state index >= 15 is 0 Å². The van der Waals surface area contributed by atoms with Gasteiger partial charge in [0, 0.05) is 6.54 Å². The van der Waals surface area contributed by atoms with Crippen molar-refractivity contribution in [3.8, 4) is 0 Å². The first kappa shape index (κ1) is 15.4. The number of amides is 2. The summed E-state index contributed by atoms with van der Waals surface area (Å²) in [7, 11) is 0. The lowest BCUT2D eigenvalue weighted by molar-refractivity contribution is -0.143. The van der Waals surface area contributed by atoms with Crippen molar-refractivity contribution in [1.29, 1.82) is 0 Å². The quantitative estimate of drug-likeness (QED) is 0.542. The van der Waals surface area contributed by atoms with Gasteiger partial charge in [0.05, 0.1) is 0 Å². The monoisotopic (exact) mass is 272 g/mol. The summed E-state index contributed by atoms with van der Waals surface area (Å²) in [5, 5.41) is 13.9. The summed E-state index contributed by atoms with van der Waals surface area (Å²) >= 11 is 0. The van der Waals surface area contributed by atoms with Gasteiger partial charge in [-0.2, -0.15) is 0 Å². The van der Waals surface area contributed by atoms with Crippen LogP contribution in [-0.2, 0) is 19.1 Å². The van der Waals surface area contributed by atoms with Crippen molar-refractivity contribution in [3.63, 3.8) is 0 Å².